The summed E-state index contributed by atoms with van der Waals surface area (Å²) in [7, 11) is 0. The second-order valence-corrected chi connectivity index (χ2v) is 3.09. The monoisotopic (exact) mass is 128 g/mol. The zero-order valence-corrected chi connectivity index (χ0v) is 5.89. The van der Waals surface area contributed by atoms with Gasteiger partial charge in [0.15, 0.2) is 0 Å². The van der Waals surface area contributed by atoms with E-state index in [0.29, 0.717) is 0 Å². The van der Waals surface area contributed by atoms with Gasteiger partial charge in [0.05, 0.1) is 5.60 Å². The first-order valence-electron chi connectivity index (χ1n) is 3.27. The Hall–Kier alpha value is -0.370. The fraction of sp³-hybridized carbons (Fsp3) is 0.857. The minimum atomic E-state index is -0.139. The molecule has 1 saturated heterocycles. The van der Waals surface area contributed by atoms with Gasteiger partial charge in [0.2, 0.25) is 0 Å². The van der Waals surface area contributed by atoms with Crippen molar-refractivity contribution in [1.29, 1.82) is 0 Å². The van der Waals surface area contributed by atoms with Crippen LogP contribution in [0.15, 0.2) is 0 Å². The first kappa shape index (κ1) is 6.75. The molecule has 0 saturated carbocycles. The van der Waals surface area contributed by atoms with Crippen molar-refractivity contribution < 1.29 is 9.53 Å². The van der Waals surface area contributed by atoms with Gasteiger partial charge >= 0.3 is 0 Å². The van der Waals surface area contributed by atoms with Crippen molar-refractivity contribution in [1.82, 2.24) is 0 Å². The molecule has 0 bridgehead atoms. The summed E-state index contributed by atoms with van der Waals surface area (Å²) in [6.07, 6.45) is 2.63. The molecule has 1 rings (SSSR count). The topological polar surface area (TPSA) is 26.3 Å². The number of hydrogen-bond acceptors (Lipinski definition) is 2. The predicted molar refractivity (Wildman–Crippen MR) is 34.2 cm³/mol. The van der Waals surface area contributed by atoms with E-state index < -0.39 is 0 Å². The summed E-state index contributed by atoms with van der Waals surface area (Å²) in [6, 6.07) is 0. The molecule has 52 valence electrons. The van der Waals surface area contributed by atoms with Crippen LogP contribution in [0.2, 0.25) is 0 Å². The Morgan fingerprint density at radius 1 is 1.67 bits per heavy atom. The van der Waals surface area contributed by atoms with E-state index in [1.54, 1.807) is 0 Å². The van der Waals surface area contributed by atoms with Crippen LogP contribution in [0.3, 0.4) is 0 Å². The molecule has 0 radical (unpaired) electrons. The van der Waals surface area contributed by atoms with Gasteiger partial charge in [0, 0.05) is 0 Å². The standard InChI is InChI=1S/C7H12O2/c1-7(2)4-3-6(5-8)9-7/h5-6H,3-4H2,1-2H3/t6-/m1/s1. The van der Waals surface area contributed by atoms with Crippen LogP contribution < -0.4 is 0 Å². The second-order valence-electron chi connectivity index (χ2n) is 3.09. The first-order valence-corrected chi connectivity index (χ1v) is 3.27. The summed E-state index contributed by atoms with van der Waals surface area (Å²) in [5, 5.41) is 0. The van der Waals surface area contributed by atoms with E-state index in [2.05, 4.69) is 0 Å². The highest BCUT2D eigenvalue weighted by Crippen LogP contribution is 2.27. The third kappa shape index (κ3) is 1.52. The Balaban J connectivity index is 2.47. The minimum Gasteiger partial charge on any atom is -0.365 e. The molecule has 2 nitrogen and oxygen atoms in total. The fourth-order valence-corrected chi connectivity index (χ4v) is 1.11. The van der Waals surface area contributed by atoms with Crippen molar-refractivity contribution >= 4 is 6.29 Å². The van der Waals surface area contributed by atoms with E-state index in [1.807, 2.05) is 13.8 Å². The van der Waals surface area contributed by atoms with Crippen molar-refractivity contribution in [2.45, 2.75) is 38.4 Å². The number of carbonyl (C=O) groups is 1. The van der Waals surface area contributed by atoms with E-state index in [-0.39, 0.29) is 11.7 Å². The lowest BCUT2D eigenvalue weighted by atomic mass is 10.1. The molecule has 0 unspecified atom stereocenters. The van der Waals surface area contributed by atoms with Crippen LogP contribution in [0.1, 0.15) is 26.7 Å². The predicted octanol–water partition coefficient (Wildman–Crippen LogP) is 1.14. The van der Waals surface area contributed by atoms with Crippen LogP contribution >= 0.6 is 0 Å². The molecule has 0 aliphatic carbocycles. The van der Waals surface area contributed by atoms with Crippen LogP contribution in [0.25, 0.3) is 0 Å². The van der Waals surface area contributed by atoms with Gasteiger partial charge in [-0.1, -0.05) is 0 Å². The van der Waals surface area contributed by atoms with Gasteiger partial charge in [0.1, 0.15) is 12.4 Å². The van der Waals surface area contributed by atoms with Gasteiger partial charge < -0.3 is 9.53 Å². The van der Waals surface area contributed by atoms with E-state index in [9.17, 15) is 4.79 Å². The third-order valence-electron chi connectivity index (χ3n) is 1.65. The number of carbonyl (C=O) groups excluding carboxylic acids is 1. The minimum absolute atomic E-state index is 0.0639. The second kappa shape index (κ2) is 2.10. The maximum atomic E-state index is 10.2. The molecule has 0 aromatic rings. The fourth-order valence-electron chi connectivity index (χ4n) is 1.11. The zero-order valence-electron chi connectivity index (χ0n) is 5.89. The van der Waals surface area contributed by atoms with Crippen molar-refractivity contribution in [2.75, 3.05) is 0 Å². The number of ether oxygens (including phenoxy) is 1. The lowest BCUT2D eigenvalue weighted by Gasteiger charge is -2.16. The summed E-state index contributed by atoms with van der Waals surface area (Å²) < 4.78 is 5.33. The average Bonchev–Trinajstić information content (AvgIpc) is 2.10. The van der Waals surface area contributed by atoms with Crippen molar-refractivity contribution in [3.05, 3.63) is 0 Å². The van der Waals surface area contributed by atoms with Crippen molar-refractivity contribution in [3.8, 4) is 0 Å². The molecule has 1 heterocycles. The van der Waals surface area contributed by atoms with Crippen molar-refractivity contribution in [2.24, 2.45) is 0 Å². The smallest absolute Gasteiger partial charge is 0.148 e. The Bertz CT molecular complexity index is 118. The van der Waals surface area contributed by atoms with E-state index in [4.69, 9.17) is 4.74 Å². The molecule has 1 atom stereocenters. The molecule has 0 aromatic carbocycles. The highest BCUT2D eigenvalue weighted by Gasteiger charge is 2.30. The molecule has 0 spiro atoms. The van der Waals surface area contributed by atoms with Crippen LogP contribution in [-0.2, 0) is 9.53 Å². The van der Waals surface area contributed by atoms with Crippen LogP contribution in [0, 0.1) is 0 Å². The lowest BCUT2D eigenvalue weighted by Crippen LogP contribution is -2.20. The lowest BCUT2D eigenvalue weighted by molar-refractivity contribution is -0.120. The van der Waals surface area contributed by atoms with Gasteiger partial charge in [-0.25, -0.2) is 0 Å². The summed E-state index contributed by atoms with van der Waals surface area (Å²) in [6.45, 7) is 4.02. The zero-order chi connectivity index (χ0) is 6.91. The number of rotatable bonds is 1. The summed E-state index contributed by atoms with van der Waals surface area (Å²) in [4.78, 5) is 10.2. The highest BCUT2D eigenvalue weighted by atomic mass is 16.5. The van der Waals surface area contributed by atoms with E-state index in [0.717, 1.165) is 19.1 Å². The van der Waals surface area contributed by atoms with Crippen LogP contribution in [-0.4, -0.2) is 18.0 Å². The van der Waals surface area contributed by atoms with Crippen molar-refractivity contribution in [3.63, 3.8) is 0 Å². The molecule has 1 fully saturated rings. The SMILES string of the molecule is CC1(C)CC[C@H](C=O)O1. The quantitative estimate of drug-likeness (QED) is 0.495. The molecule has 2 heteroatoms. The summed E-state index contributed by atoms with van der Waals surface area (Å²) >= 11 is 0. The Labute approximate surface area is 55.2 Å². The maximum absolute atomic E-state index is 10.2. The van der Waals surface area contributed by atoms with E-state index in [1.165, 1.54) is 0 Å². The first-order chi connectivity index (χ1) is 4.14. The number of aldehydes is 1. The van der Waals surface area contributed by atoms with E-state index >= 15 is 0 Å². The Morgan fingerprint density at radius 3 is 2.56 bits per heavy atom. The molecule has 0 N–H and O–H groups in total. The van der Waals surface area contributed by atoms with Gasteiger partial charge in [0.25, 0.3) is 0 Å². The molecular formula is C7H12O2. The van der Waals surface area contributed by atoms with Crippen LogP contribution in [0.4, 0.5) is 0 Å². The molecular weight excluding hydrogens is 116 g/mol. The van der Waals surface area contributed by atoms with Gasteiger partial charge in [-0.2, -0.15) is 0 Å². The number of hydrogen-bond donors (Lipinski definition) is 0. The molecule has 9 heavy (non-hydrogen) atoms. The molecule has 0 aromatic heterocycles. The normalized spacial score (nSPS) is 32.4. The van der Waals surface area contributed by atoms with Gasteiger partial charge in [-0.3, -0.25) is 0 Å². The molecule has 0 amide bonds. The Kier molecular flexibility index (Phi) is 1.58. The third-order valence-corrected chi connectivity index (χ3v) is 1.65. The van der Waals surface area contributed by atoms with Gasteiger partial charge in [-0.05, 0) is 26.7 Å². The average molecular weight is 128 g/mol. The summed E-state index contributed by atoms with van der Waals surface area (Å²) in [5.74, 6) is 0. The largest absolute Gasteiger partial charge is 0.365 e. The Morgan fingerprint density at radius 2 is 2.33 bits per heavy atom. The molecule has 1 aliphatic heterocycles. The van der Waals surface area contributed by atoms with Gasteiger partial charge in [-0.15, -0.1) is 0 Å². The van der Waals surface area contributed by atoms with Crippen LogP contribution in [0.5, 0.6) is 0 Å². The summed E-state index contributed by atoms with van der Waals surface area (Å²) in [5.41, 5.74) is -0.0639. The maximum Gasteiger partial charge on any atom is 0.148 e. The molecule has 1 aliphatic rings. The highest BCUT2D eigenvalue weighted by molar-refractivity contribution is 5.56.